The largest absolute Gasteiger partial charge is 0.328 e. The standard InChI is InChI=1S/C18H24N4/c19-14-5-7-15(8-6-14)21-18-11-16(18)12-1-3-13(4-2-12)17-9-10-20-22-17/h1-4,9-10,14-16,18,21H,5-8,11,19H2,(H,20,22)/t14-,15-,16-,18?/m0/s1. The molecule has 0 amide bonds. The number of benzene rings is 1. The van der Waals surface area contributed by atoms with Gasteiger partial charge in [-0.1, -0.05) is 24.3 Å². The molecule has 1 unspecified atom stereocenters. The Hall–Kier alpha value is -1.65. The topological polar surface area (TPSA) is 66.7 Å². The highest BCUT2D eigenvalue weighted by Gasteiger charge is 2.39. The number of hydrogen-bond acceptors (Lipinski definition) is 3. The summed E-state index contributed by atoms with van der Waals surface area (Å²) in [5.41, 5.74) is 9.71. The quantitative estimate of drug-likeness (QED) is 0.813. The Labute approximate surface area is 131 Å². The normalized spacial score (nSPS) is 31.1. The van der Waals surface area contributed by atoms with Crippen molar-refractivity contribution < 1.29 is 0 Å². The van der Waals surface area contributed by atoms with Crippen LogP contribution in [0.3, 0.4) is 0 Å². The summed E-state index contributed by atoms with van der Waals surface area (Å²) in [6.45, 7) is 0. The van der Waals surface area contributed by atoms with E-state index in [1.807, 2.05) is 6.07 Å². The zero-order valence-corrected chi connectivity index (χ0v) is 12.8. The third-order valence-electron chi connectivity index (χ3n) is 5.16. The molecule has 2 atom stereocenters. The molecule has 22 heavy (non-hydrogen) atoms. The Bertz CT molecular complexity index is 597. The van der Waals surface area contributed by atoms with Gasteiger partial charge in [-0.25, -0.2) is 0 Å². The molecule has 1 heterocycles. The highest BCUT2D eigenvalue weighted by atomic mass is 15.1. The zero-order valence-electron chi connectivity index (χ0n) is 12.8. The first kappa shape index (κ1) is 14.0. The number of nitrogens with two attached hydrogens (primary N) is 1. The van der Waals surface area contributed by atoms with Crippen molar-refractivity contribution in [1.82, 2.24) is 15.5 Å². The molecule has 2 aliphatic rings. The van der Waals surface area contributed by atoms with Gasteiger partial charge in [0.1, 0.15) is 0 Å². The second-order valence-corrected chi connectivity index (χ2v) is 6.82. The van der Waals surface area contributed by atoms with E-state index in [2.05, 4.69) is 39.8 Å². The second kappa shape index (κ2) is 5.86. The minimum absolute atomic E-state index is 0.433. The number of nitrogens with one attached hydrogen (secondary N) is 2. The molecule has 4 N–H and O–H groups in total. The third kappa shape index (κ3) is 2.94. The van der Waals surface area contributed by atoms with Crippen LogP contribution in [0.15, 0.2) is 36.5 Å². The number of hydrogen-bond donors (Lipinski definition) is 3. The fourth-order valence-corrected chi connectivity index (χ4v) is 3.66. The molecule has 2 aromatic rings. The Morgan fingerprint density at radius 2 is 1.82 bits per heavy atom. The molecule has 1 aromatic heterocycles. The van der Waals surface area contributed by atoms with E-state index >= 15 is 0 Å². The maximum atomic E-state index is 5.98. The molecule has 2 aliphatic carbocycles. The van der Waals surface area contributed by atoms with Crippen LogP contribution in [0, 0.1) is 0 Å². The summed E-state index contributed by atoms with van der Waals surface area (Å²) in [6.07, 6.45) is 7.89. The van der Waals surface area contributed by atoms with Crippen molar-refractivity contribution in [1.29, 1.82) is 0 Å². The maximum absolute atomic E-state index is 5.98. The van der Waals surface area contributed by atoms with Crippen molar-refractivity contribution in [2.24, 2.45) is 5.73 Å². The highest BCUT2D eigenvalue weighted by molar-refractivity contribution is 5.59. The van der Waals surface area contributed by atoms with Gasteiger partial charge >= 0.3 is 0 Å². The number of H-pyrrole nitrogens is 1. The van der Waals surface area contributed by atoms with Gasteiger partial charge in [0.15, 0.2) is 0 Å². The zero-order chi connectivity index (χ0) is 14.9. The van der Waals surface area contributed by atoms with Gasteiger partial charge in [0.2, 0.25) is 0 Å². The Kier molecular flexibility index (Phi) is 3.72. The van der Waals surface area contributed by atoms with Crippen LogP contribution in [-0.4, -0.2) is 28.3 Å². The third-order valence-corrected chi connectivity index (χ3v) is 5.16. The number of nitrogens with zero attached hydrogens (tertiary/aromatic N) is 1. The molecule has 4 heteroatoms. The molecule has 2 fully saturated rings. The van der Waals surface area contributed by atoms with Crippen LogP contribution < -0.4 is 11.1 Å². The Morgan fingerprint density at radius 1 is 1.05 bits per heavy atom. The lowest BCUT2D eigenvalue weighted by molar-refractivity contribution is 0.339. The molecular formula is C18H24N4. The van der Waals surface area contributed by atoms with Gasteiger partial charge in [0, 0.05) is 30.2 Å². The molecule has 1 aromatic carbocycles. The fourth-order valence-electron chi connectivity index (χ4n) is 3.66. The maximum Gasteiger partial charge on any atom is 0.0650 e. The molecule has 0 aliphatic heterocycles. The Balaban J connectivity index is 1.34. The average Bonchev–Trinajstić information content (AvgIpc) is 3.09. The van der Waals surface area contributed by atoms with E-state index in [0.29, 0.717) is 24.0 Å². The summed E-state index contributed by atoms with van der Waals surface area (Å²) < 4.78 is 0. The van der Waals surface area contributed by atoms with Gasteiger partial charge in [0.25, 0.3) is 0 Å². The summed E-state index contributed by atoms with van der Waals surface area (Å²) in [4.78, 5) is 0. The molecule has 4 rings (SSSR count). The van der Waals surface area contributed by atoms with Crippen LogP contribution >= 0.6 is 0 Å². The van der Waals surface area contributed by atoms with Gasteiger partial charge < -0.3 is 11.1 Å². The fraction of sp³-hybridized carbons (Fsp3) is 0.500. The van der Waals surface area contributed by atoms with Crippen LogP contribution in [-0.2, 0) is 0 Å². The van der Waals surface area contributed by atoms with Gasteiger partial charge in [0.05, 0.1) is 5.69 Å². The van der Waals surface area contributed by atoms with Crippen molar-refractivity contribution >= 4 is 0 Å². The molecular weight excluding hydrogens is 272 g/mol. The van der Waals surface area contributed by atoms with Crippen molar-refractivity contribution in [2.75, 3.05) is 0 Å². The van der Waals surface area contributed by atoms with E-state index < -0.39 is 0 Å². The van der Waals surface area contributed by atoms with Gasteiger partial charge in [-0.2, -0.15) is 5.10 Å². The van der Waals surface area contributed by atoms with E-state index in [1.165, 1.54) is 43.2 Å². The van der Waals surface area contributed by atoms with Crippen molar-refractivity contribution in [3.05, 3.63) is 42.1 Å². The van der Waals surface area contributed by atoms with Crippen molar-refractivity contribution in [3.63, 3.8) is 0 Å². The molecule has 0 saturated heterocycles. The van der Waals surface area contributed by atoms with Gasteiger partial charge in [-0.05, 0) is 49.3 Å². The van der Waals surface area contributed by atoms with E-state index in [-0.39, 0.29) is 0 Å². The first-order valence-corrected chi connectivity index (χ1v) is 8.41. The predicted octanol–water partition coefficient (Wildman–Crippen LogP) is 2.79. The number of aromatic nitrogens is 2. The predicted molar refractivity (Wildman–Crippen MR) is 88.5 cm³/mol. The summed E-state index contributed by atoms with van der Waals surface area (Å²) in [7, 11) is 0. The number of rotatable bonds is 4. The van der Waals surface area contributed by atoms with Crippen LogP contribution in [0.25, 0.3) is 11.3 Å². The second-order valence-electron chi connectivity index (χ2n) is 6.82. The lowest BCUT2D eigenvalue weighted by Gasteiger charge is -2.27. The minimum Gasteiger partial charge on any atom is -0.328 e. The van der Waals surface area contributed by atoms with E-state index in [9.17, 15) is 0 Å². The summed E-state index contributed by atoms with van der Waals surface area (Å²) in [5.74, 6) is 0.686. The van der Waals surface area contributed by atoms with Crippen molar-refractivity contribution in [3.8, 4) is 11.3 Å². The molecule has 4 nitrogen and oxygen atoms in total. The summed E-state index contributed by atoms with van der Waals surface area (Å²) in [5, 5.41) is 10.9. The van der Waals surface area contributed by atoms with Gasteiger partial charge in [-0.3, -0.25) is 5.10 Å². The summed E-state index contributed by atoms with van der Waals surface area (Å²) >= 11 is 0. The lowest BCUT2D eigenvalue weighted by atomic mass is 9.92. The minimum atomic E-state index is 0.433. The van der Waals surface area contributed by atoms with E-state index in [4.69, 9.17) is 5.73 Å². The first-order chi connectivity index (χ1) is 10.8. The average molecular weight is 296 g/mol. The van der Waals surface area contributed by atoms with Crippen LogP contribution in [0.1, 0.15) is 43.6 Å². The van der Waals surface area contributed by atoms with Gasteiger partial charge in [-0.15, -0.1) is 0 Å². The summed E-state index contributed by atoms with van der Waals surface area (Å²) in [6, 6.07) is 12.7. The Morgan fingerprint density at radius 3 is 2.50 bits per heavy atom. The molecule has 0 bridgehead atoms. The van der Waals surface area contributed by atoms with Crippen LogP contribution in [0.5, 0.6) is 0 Å². The smallest absolute Gasteiger partial charge is 0.0650 e. The monoisotopic (exact) mass is 296 g/mol. The molecule has 0 spiro atoms. The lowest BCUT2D eigenvalue weighted by Crippen LogP contribution is -2.38. The first-order valence-electron chi connectivity index (χ1n) is 8.41. The molecule has 116 valence electrons. The number of aromatic amines is 1. The molecule has 2 saturated carbocycles. The molecule has 0 radical (unpaired) electrons. The SMILES string of the molecule is N[C@H]1CC[C@H](NC2C[C@H]2c2ccc(-c3ccn[nH]3)cc2)CC1. The van der Waals surface area contributed by atoms with E-state index in [1.54, 1.807) is 6.20 Å². The van der Waals surface area contributed by atoms with E-state index in [0.717, 1.165) is 5.69 Å². The van der Waals surface area contributed by atoms with Crippen LogP contribution in [0.2, 0.25) is 0 Å². The highest BCUT2D eigenvalue weighted by Crippen LogP contribution is 2.42. The van der Waals surface area contributed by atoms with Crippen molar-refractivity contribution in [2.45, 2.75) is 56.1 Å². The van der Waals surface area contributed by atoms with Crippen LogP contribution in [0.4, 0.5) is 0 Å².